The van der Waals surface area contributed by atoms with Gasteiger partial charge in [0.2, 0.25) is 0 Å². The molecule has 2 aromatic carbocycles. The van der Waals surface area contributed by atoms with Crippen molar-refractivity contribution in [1.82, 2.24) is 0 Å². The second kappa shape index (κ2) is 5.89. The summed E-state index contributed by atoms with van der Waals surface area (Å²) in [5, 5.41) is 0. The van der Waals surface area contributed by atoms with Crippen LogP contribution in [0.25, 0.3) is 0 Å². The Morgan fingerprint density at radius 3 is 2.09 bits per heavy atom. The Morgan fingerprint density at radius 2 is 1.45 bits per heavy atom. The second-order valence-corrected chi connectivity index (χ2v) is 7.31. The van der Waals surface area contributed by atoms with Crippen LogP contribution in [-0.4, -0.2) is 0 Å². The molecule has 1 nitrogen and oxygen atoms in total. The number of nitrogens with two attached hydrogens (primary N) is 1. The van der Waals surface area contributed by atoms with Gasteiger partial charge in [0.15, 0.2) is 0 Å². The predicted octanol–water partition coefficient (Wildman–Crippen LogP) is 5.13. The van der Waals surface area contributed by atoms with E-state index in [0.717, 1.165) is 0 Å². The Kier molecular flexibility index (Phi) is 4.10. The maximum Gasteiger partial charge on any atom is 0.0352 e. The number of rotatable bonds is 3. The minimum Gasteiger partial charge on any atom is -0.322 e. The van der Waals surface area contributed by atoms with Crippen molar-refractivity contribution >= 4 is 0 Å². The summed E-state index contributed by atoms with van der Waals surface area (Å²) in [7, 11) is 0. The van der Waals surface area contributed by atoms with Crippen molar-refractivity contribution in [2.45, 2.75) is 56.9 Å². The quantitative estimate of drug-likeness (QED) is 0.834. The fraction of sp³-hybridized carbons (Fsp3) is 0.429. The molecule has 2 N–H and O–H groups in total. The molecule has 116 valence electrons. The first-order chi connectivity index (χ1) is 10.5. The van der Waals surface area contributed by atoms with Crippen LogP contribution in [0.3, 0.4) is 0 Å². The van der Waals surface area contributed by atoms with E-state index in [1.54, 1.807) is 0 Å². The van der Waals surface area contributed by atoms with Crippen molar-refractivity contribution in [2.24, 2.45) is 5.73 Å². The molecule has 3 rings (SSSR count). The molecule has 2 aromatic rings. The van der Waals surface area contributed by atoms with E-state index in [9.17, 15) is 0 Å². The molecule has 0 spiro atoms. The minimum atomic E-state index is -0.289. The average Bonchev–Trinajstić information content (AvgIpc) is 2.56. The largest absolute Gasteiger partial charge is 0.322 e. The fourth-order valence-corrected chi connectivity index (χ4v) is 3.87. The zero-order valence-corrected chi connectivity index (χ0v) is 13.8. The van der Waals surface area contributed by atoms with Crippen molar-refractivity contribution in [2.75, 3.05) is 0 Å². The second-order valence-electron chi connectivity index (χ2n) is 7.31. The molecule has 1 heteroatoms. The van der Waals surface area contributed by atoms with Crippen LogP contribution in [0.15, 0.2) is 54.6 Å². The number of benzene rings is 2. The highest BCUT2D eigenvalue weighted by atomic mass is 14.7. The molecule has 0 unspecified atom stereocenters. The van der Waals surface area contributed by atoms with Gasteiger partial charge in [-0.05, 0) is 43.4 Å². The highest BCUT2D eigenvalue weighted by molar-refractivity contribution is 5.42. The van der Waals surface area contributed by atoms with Crippen molar-refractivity contribution in [3.05, 3.63) is 71.3 Å². The molecule has 0 amide bonds. The Hall–Kier alpha value is -1.60. The molecular weight excluding hydrogens is 266 g/mol. The van der Waals surface area contributed by atoms with Crippen molar-refractivity contribution in [3.63, 3.8) is 0 Å². The van der Waals surface area contributed by atoms with Crippen LogP contribution in [0.2, 0.25) is 0 Å². The third-order valence-electron chi connectivity index (χ3n) is 5.19. The van der Waals surface area contributed by atoms with Crippen LogP contribution in [0.4, 0.5) is 0 Å². The zero-order valence-electron chi connectivity index (χ0n) is 13.8. The van der Waals surface area contributed by atoms with Gasteiger partial charge in [-0.2, -0.15) is 0 Å². The van der Waals surface area contributed by atoms with Gasteiger partial charge in [-0.15, -0.1) is 0 Å². The SMILES string of the molecule is CC(C)(N)c1cccc(C2(c3ccccc3)CCCCC2)c1. The summed E-state index contributed by atoms with van der Waals surface area (Å²) in [6.07, 6.45) is 6.46. The van der Waals surface area contributed by atoms with Crippen LogP contribution in [0.1, 0.15) is 62.6 Å². The standard InChI is InChI=1S/C21H27N/c1-20(2,22)18-12-9-13-19(16-18)21(14-7-4-8-15-21)17-10-5-3-6-11-17/h3,5-6,9-13,16H,4,7-8,14-15,22H2,1-2H3. The van der Waals surface area contributed by atoms with Crippen LogP contribution < -0.4 is 5.73 Å². The smallest absolute Gasteiger partial charge is 0.0352 e. The van der Waals surface area contributed by atoms with Gasteiger partial charge in [-0.1, -0.05) is 73.9 Å². The van der Waals surface area contributed by atoms with Gasteiger partial charge in [0, 0.05) is 11.0 Å². The highest BCUT2D eigenvalue weighted by Crippen LogP contribution is 2.45. The van der Waals surface area contributed by atoms with Crippen molar-refractivity contribution < 1.29 is 0 Å². The lowest BCUT2D eigenvalue weighted by Crippen LogP contribution is -2.32. The van der Waals surface area contributed by atoms with E-state index in [1.165, 1.54) is 48.8 Å². The molecule has 22 heavy (non-hydrogen) atoms. The Labute approximate surface area is 134 Å². The predicted molar refractivity (Wildman–Crippen MR) is 94.0 cm³/mol. The summed E-state index contributed by atoms with van der Waals surface area (Å²) in [6.45, 7) is 4.17. The van der Waals surface area contributed by atoms with Gasteiger partial charge >= 0.3 is 0 Å². The van der Waals surface area contributed by atoms with Crippen LogP contribution in [-0.2, 0) is 11.0 Å². The third kappa shape index (κ3) is 2.83. The lowest BCUT2D eigenvalue weighted by atomic mass is 9.65. The number of hydrogen-bond acceptors (Lipinski definition) is 1. The van der Waals surface area contributed by atoms with E-state index >= 15 is 0 Å². The van der Waals surface area contributed by atoms with E-state index < -0.39 is 0 Å². The summed E-state index contributed by atoms with van der Waals surface area (Å²) in [5.41, 5.74) is 10.3. The lowest BCUT2D eigenvalue weighted by Gasteiger charge is -2.39. The monoisotopic (exact) mass is 293 g/mol. The summed E-state index contributed by atoms with van der Waals surface area (Å²) >= 11 is 0. The van der Waals surface area contributed by atoms with Crippen molar-refractivity contribution in [1.29, 1.82) is 0 Å². The molecule has 0 saturated heterocycles. The molecule has 0 atom stereocenters. The first-order valence-electron chi connectivity index (χ1n) is 8.48. The normalized spacial score (nSPS) is 18.1. The maximum atomic E-state index is 6.34. The van der Waals surface area contributed by atoms with E-state index in [-0.39, 0.29) is 11.0 Å². The summed E-state index contributed by atoms with van der Waals surface area (Å²) in [5.74, 6) is 0. The lowest BCUT2D eigenvalue weighted by molar-refractivity contribution is 0.345. The molecule has 1 saturated carbocycles. The first-order valence-corrected chi connectivity index (χ1v) is 8.48. The summed E-state index contributed by atoms with van der Waals surface area (Å²) < 4.78 is 0. The minimum absolute atomic E-state index is 0.167. The van der Waals surface area contributed by atoms with Crippen molar-refractivity contribution in [3.8, 4) is 0 Å². The Morgan fingerprint density at radius 1 is 0.818 bits per heavy atom. The molecule has 0 bridgehead atoms. The van der Waals surface area contributed by atoms with E-state index in [1.807, 2.05) is 0 Å². The molecule has 1 fully saturated rings. The van der Waals surface area contributed by atoms with Gasteiger partial charge in [0.25, 0.3) is 0 Å². The molecule has 0 radical (unpaired) electrons. The fourth-order valence-electron chi connectivity index (χ4n) is 3.87. The van der Waals surface area contributed by atoms with E-state index in [4.69, 9.17) is 5.73 Å². The topological polar surface area (TPSA) is 26.0 Å². The summed E-state index contributed by atoms with van der Waals surface area (Å²) in [4.78, 5) is 0. The molecule has 0 heterocycles. The summed E-state index contributed by atoms with van der Waals surface area (Å²) in [6, 6.07) is 20.0. The molecule has 1 aliphatic rings. The van der Waals surface area contributed by atoms with E-state index in [2.05, 4.69) is 68.4 Å². The number of hydrogen-bond donors (Lipinski definition) is 1. The van der Waals surface area contributed by atoms with Gasteiger partial charge in [0.05, 0.1) is 0 Å². The van der Waals surface area contributed by atoms with Gasteiger partial charge < -0.3 is 5.73 Å². The van der Waals surface area contributed by atoms with Crippen LogP contribution >= 0.6 is 0 Å². The average molecular weight is 293 g/mol. The Balaban J connectivity index is 2.11. The highest BCUT2D eigenvalue weighted by Gasteiger charge is 2.36. The van der Waals surface area contributed by atoms with Crippen LogP contribution in [0, 0.1) is 0 Å². The first kappa shape index (κ1) is 15.3. The van der Waals surface area contributed by atoms with Gasteiger partial charge in [-0.25, -0.2) is 0 Å². The van der Waals surface area contributed by atoms with Gasteiger partial charge in [-0.3, -0.25) is 0 Å². The zero-order chi connectivity index (χ0) is 15.6. The van der Waals surface area contributed by atoms with Crippen LogP contribution in [0.5, 0.6) is 0 Å². The maximum absolute atomic E-state index is 6.34. The van der Waals surface area contributed by atoms with Gasteiger partial charge in [0.1, 0.15) is 0 Å². The molecular formula is C21H27N. The molecule has 0 aromatic heterocycles. The Bertz CT molecular complexity index is 616. The third-order valence-corrected chi connectivity index (χ3v) is 5.19. The van der Waals surface area contributed by atoms with E-state index in [0.29, 0.717) is 0 Å². The molecule has 0 aliphatic heterocycles. The molecule has 1 aliphatic carbocycles.